The van der Waals surface area contributed by atoms with Gasteiger partial charge in [0.05, 0.1) is 0 Å². The van der Waals surface area contributed by atoms with Crippen LogP contribution in [-0.2, 0) is 13.0 Å². The van der Waals surface area contributed by atoms with Gasteiger partial charge in [-0.15, -0.1) is 0 Å². The Kier molecular flexibility index (Phi) is 5.36. The van der Waals surface area contributed by atoms with Gasteiger partial charge in [0, 0.05) is 31.1 Å². The molecule has 6 heteroatoms. The van der Waals surface area contributed by atoms with Crippen molar-refractivity contribution >= 4 is 23.2 Å². The summed E-state index contributed by atoms with van der Waals surface area (Å²) in [7, 11) is 1.99. The first-order chi connectivity index (χ1) is 10.1. The molecular weight excluding hydrogens is 286 g/mol. The number of halogens is 1. The molecule has 2 rings (SSSR count). The van der Waals surface area contributed by atoms with Crippen LogP contribution in [-0.4, -0.2) is 17.0 Å². The fourth-order valence-corrected chi connectivity index (χ4v) is 2.29. The van der Waals surface area contributed by atoms with E-state index in [-0.39, 0.29) is 0 Å². The number of nitrogens with zero attached hydrogens (tertiary/aromatic N) is 3. The van der Waals surface area contributed by atoms with Crippen molar-refractivity contribution in [1.82, 2.24) is 9.97 Å². The zero-order valence-corrected chi connectivity index (χ0v) is 13.1. The lowest BCUT2D eigenvalue weighted by Gasteiger charge is -2.19. The van der Waals surface area contributed by atoms with Crippen molar-refractivity contribution in [2.24, 2.45) is 5.84 Å². The topological polar surface area (TPSA) is 67.1 Å². The van der Waals surface area contributed by atoms with Crippen LogP contribution >= 0.6 is 11.6 Å². The summed E-state index contributed by atoms with van der Waals surface area (Å²) in [5, 5.41) is 0.736. The molecule has 112 valence electrons. The Morgan fingerprint density at radius 3 is 2.76 bits per heavy atom. The summed E-state index contributed by atoms with van der Waals surface area (Å²) >= 11 is 6.02. The highest BCUT2D eigenvalue weighted by atomic mass is 35.5. The van der Waals surface area contributed by atoms with E-state index in [0.717, 1.165) is 35.1 Å². The van der Waals surface area contributed by atoms with Gasteiger partial charge in [-0.1, -0.05) is 30.7 Å². The highest BCUT2D eigenvalue weighted by Crippen LogP contribution is 2.18. The van der Waals surface area contributed by atoms with E-state index >= 15 is 0 Å². The molecule has 0 aliphatic carbocycles. The van der Waals surface area contributed by atoms with Crippen molar-refractivity contribution in [3.63, 3.8) is 0 Å². The molecule has 21 heavy (non-hydrogen) atoms. The van der Waals surface area contributed by atoms with Crippen LogP contribution in [0, 0.1) is 0 Å². The van der Waals surface area contributed by atoms with Crippen LogP contribution in [0.2, 0.25) is 5.02 Å². The first-order valence-electron chi connectivity index (χ1n) is 6.92. The van der Waals surface area contributed by atoms with E-state index in [0.29, 0.717) is 12.4 Å². The third-order valence-electron chi connectivity index (χ3n) is 3.08. The standard InChI is InChI=1S/C15H20ClN5/c1-3-5-13-18-14(20-17)9-15(19-13)21(2)10-11-6-4-7-12(16)8-11/h4,6-9H,3,5,10,17H2,1-2H3,(H,18,19,20). The van der Waals surface area contributed by atoms with Gasteiger partial charge in [0.2, 0.25) is 0 Å². The van der Waals surface area contributed by atoms with Crippen LogP contribution in [0.15, 0.2) is 30.3 Å². The van der Waals surface area contributed by atoms with Gasteiger partial charge in [0.1, 0.15) is 17.5 Å². The minimum atomic E-state index is 0.626. The number of hydrogen-bond acceptors (Lipinski definition) is 5. The van der Waals surface area contributed by atoms with Crippen LogP contribution in [0.25, 0.3) is 0 Å². The molecule has 0 aliphatic rings. The molecule has 0 unspecified atom stereocenters. The van der Waals surface area contributed by atoms with Gasteiger partial charge in [-0.2, -0.15) is 0 Å². The van der Waals surface area contributed by atoms with E-state index in [1.54, 1.807) is 0 Å². The van der Waals surface area contributed by atoms with E-state index in [2.05, 4.69) is 22.3 Å². The summed E-state index contributed by atoms with van der Waals surface area (Å²) in [4.78, 5) is 11.0. The molecule has 0 saturated carbocycles. The predicted molar refractivity (Wildman–Crippen MR) is 87.4 cm³/mol. The van der Waals surface area contributed by atoms with Gasteiger partial charge in [-0.3, -0.25) is 0 Å². The molecule has 0 atom stereocenters. The number of rotatable bonds is 6. The van der Waals surface area contributed by atoms with Crippen molar-refractivity contribution in [3.8, 4) is 0 Å². The van der Waals surface area contributed by atoms with E-state index in [1.165, 1.54) is 0 Å². The Balaban J connectivity index is 2.21. The minimum Gasteiger partial charge on any atom is -0.355 e. The van der Waals surface area contributed by atoms with Crippen LogP contribution in [0.4, 0.5) is 11.6 Å². The second kappa shape index (κ2) is 7.24. The van der Waals surface area contributed by atoms with E-state index in [9.17, 15) is 0 Å². The Labute approximate surface area is 130 Å². The van der Waals surface area contributed by atoms with Crippen molar-refractivity contribution in [2.45, 2.75) is 26.3 Å². The fraction of sp³-hybridized carbons (Fsp3) is 0.333. The molecule has 0 radical (unpaired) electrons. The Morgan fingerprint density at radius 2 is 2.10 bits per heavy atom. The summed E-state index contributed by atoms with van der Waals surface area (Å²) < 4.78 is 0. The largest absolute Gasteiger partial charge is 0.355 e. The number of hydrogen-bond donors (Lipinski definition) is 2. The number of nitrogens with one attached hydrogen (secondary N) is 1. The van der Waals surface area contributed by atoms with Gasteiger partial charge in [-0.25, -0.2) is 15.8 Å². The summed E-state index contributed by atoms with van der Waals surface area (Å²) in [6.45, 7) is 2.81. The van der Waals surface area contributed by atoms with Crippen molar-refractivity contribution in [3.05, 3.63) is 46.7 Å². The molecule has 0 fully saturated rings. The molecule has 0 aliphatic heterocycles. The molecule has 1 aromatic heterocycles. The molecule has 1 heterocycles. The highest BCUT2D eigenvalue weighted by molar-refractivity contribution is 6.30. The number of hydrazine groups is 1. The Morgan fingerprint density at radius 1 is 1.29 bits per heavy atom. The smallest absolute Gasteiger partial charge is 0.145 e. The maximum absolute atomic E-state index is 6.02. The van der Waals surface area contributed by atoms with Crippen molar-refractivity contribution in [2.75, 3.05) is 17.4 Å². The van der Waals surface area contributed by atoms with Crippen LogP contribution < -0.4 is 16.2 Å². The minimum absolute atomic E-state index is 0.626. The molecule has 5 nitrogen and oxygen atoms in total. The number of benzene rings is 1. The van der Waals surface area contributed by atoms with E-state index in [4.69, 9.17) is 17.4 Å². The normalized spacial score (nSPS) is 10.5. The predicted octanol–water partition coefficient (Wildman–Crippen LogP) is 3.00. The maximum atomic E-state index is 6.02. The molecule has 1 aromatic carbocycles. The van der Waals surface area contributed by atoms with E-state index < -0.39 is 0 Å². The zero-order chi connectivity index (χ0) is 15.2. The fourth-order valence-electron chi connectivity index (χ4n) is 2.08. The molecule has 0 amide bonds. The lowest BCUT2D eigenvalue weighted by Crippen LogP contribution is -2.20. The number of anilines is 2. The molecule has 0 spiro atoms. The Bertz CT molecular complexity index is 602. The van der Waals surface area contributed by atoms with Crippen LogP contribution in [0.5, 0.6) is 0 Å². The third kappa shape index (κ3) is 4.31. The molecule has 0 saturated heterocycles. The molecule has 0 bridgehead atoms. The lowest BCUT2D eigenvalue weighted by molar-refractivity contribution is 0.812. The first kappa shape index (κ1) is 15.5. The van der Waals surface area contributed by atoms with Gasteiger partial charge in [-0.05, 0) is 24.1 Å². The quantitative estimate of drug-likeness (QED) is 0.634. The van der Waals surface area contributed by atoms with E-state index in [1.807, 2.05) is 42.3 Å². The van der Waals surface area contributed by atoms with Crippen LogP contribution in [0.1, 0.15) is 24.7 Å². The van der Waals surface area contributed by atoms with Crippen molar-refractivity contribution in [1.29, 1.82) is 0 Å². The average Bonchev–Trinajstić information content (AvgIpc) is 2.47. The number of aromatic nitrogens is 2. The second-order valence-electron chi connectivity index (χ2n) is 4.91. The van der Waals surface area contributed by atoms with Gasteiger partial charge in [0.25, 0.3) is 0 Å². The third-order valence-corrected chi connectivity index (χ3v) is 3.32. The molecule has 3 N–H and O–H groups in total. The summed E-state index contributed by atoms with van der Waals surface area (Å²) in [5.41, 5.74) is 3.72. The number of nitrogen functional groups attached to an aromatic ring is 1. The highest BCUT2D eigenvalue weighted by Gasteiger charge is 2.09. The molecule has 2 aromatic rings. The van der Waals surface area contributed by atoms with Gasteiger partial charge >= 0.3 is 0 Å². The van der Waals surface area contributed by atoms with Crippen LogP contribution in [0.3, 0.4) is 0 Å². The summed E-state index contributed by atoms with van der Waals surface area (Å²) in [6.07, 6.45) is 1.82. The van der Waals surface area contributed by atoms with Crippen molar-refractivity contribution < 1.29 is 0 Å². The summed E-state index contributed by atoms with van der Waals surface area (Å²) in [5.74, 6) is 7.73. The maximum Gasteiger partial charge on any atom is 0.145 e. The number of nitrogens with two attached hydrogens (primary N) is 1. The average molecular weight is 306 g/mol. The zero-order valence-electron chi connectivity index (χ0n) is 12.3. The lowest BCUT2D eigenvalue weighted by atomic mass is 10.2. The summed E-state index contributed by atoms with van der Waals surface area (Å²) in [6, 6.07) is 9.64. The Hall–Kier alpha value is -1.85. The number of aryl methyl sites for hydroxylation is 1. The monoisotopic (exact) mass is 305 g/mol. The first-order valence-corrected chi connectivity index (χ1v) is 7.30. The van der Waals surface area contributed by atoms with Gasteiger partial charge < -0.3 is 10.3 Å². The molecular formula is C15H20ClN5. The van der Waals surface area contributed by atoms with Gasteiger partial charge in [0.15, 0.2) is 0 Å². The second-order valence-corrected chi connectivity index (χ2v) is 5.34. The SMILES string of the molecule is CCCc1nc(NN)cc(N(C)Cc2cccc(Cl)c2)n1.